The third kappa shape index (κ3) is 5.50. The number of aliphatic hydroxyl groups is 2. The van der Waals surface area contributed by atoms with Crippen LogP contribution < -0.4 is 4.74 Å². The average Bonchev–Trinajstić information content (AvgIpc) is 3.25. The highest BCUT2D eigenvalue weighted by molar-refractivity contribution is 5.69. The summed E-state index contributed by atoms with van der Waals surface area (Å²) in [5, 5.41) is 21.1. The molecule has 1 saturated carbocycles. The van der Waals surface area contributed by atoms with Crippen molar-refractivity contribution in [1.82, 2.24) is 0 Å². The van der Waals surface area contributed by atoms with E-state index >= 15 is 0 Å². The first kappa shape index (κ1) is 23.4. The van der Waals surface area contributed by atoms with Crippen LogP contribution in [0.2, 0.25) is 0 Å². The van der Waals surface area contributed by atoms with Gasteiger partial charge in [-0.1, -0.05) is 37.3 Å². The molecule has 0 saturated heterocycles. The lowest BCUT2D eigenvalue weighted by molar-refractivity contribution is -0.143. The summed E-state index contributed by atoms with van der Waals surface area (Å²) in [4.78, 5) is 11.6. The van der Waals surface area contributed by atoms with Crippen LogP contribution in [-0.4, -0.2) is 41.1 Å². The van der Waals surface area contributed by atoms with Gasteiger partial charge in [0.05, 0.1) is 18.8 Å². The van der Waals surface area contributed by atoms with Crippen molar-refractivity contribution in [3.05, 3.63) is 41.5 Å². The van der Waals surface area contributed by atoms with Gasteiger partial charge in [0.15, 0.2) is 0 Å². The molecule has 2 N–H and O–H groups in total. The van der Waals surface area contributed by atoms with Gasteiger partial charge in [0.2, 0.25) is 0 Å². The van der Waals surface area contributed by atoms with E-state index in [4.69, 9.17) is 9.47 Å². The zero-order valence-electron chi connectivity index (χ0n) is 18.7. The molecule has 5 heteroatoms. The molecule has 168 valence electrons. The zero-order chi connectivity index (χ0) is 22.4. The minimum Gasteiger partial charge on any atom is -0.489 e. The number of ether oxygens (including phenoxy) is 2. The summed E-state index contributed by atoms with van der Waals surface area (Å²) in [5.41, 5.74) is 2.21. The second-order valence-corrected chi connectivity index (χ2v) is 8.54. The maximum atomic E-state index is 11.6. The number of aliphatic hydroxyl groups excluding tert-OH is 2. The van der Waals surface area contributed by atoms with Gasteiger partial charge in [-0.3, -0.25) is 4.79 Å². The van der Waals surface area contributed by atoms with Gasteiger partial charge in [-0.15, -0.1) is 11.8 Å². The molecule has 1 aromatic carbocycles. The molecular formula is C26H34O5. The fourth-order valence-corrected chi connectivity index (χ4v) is 4.64. The standard InChI is InChI=1S/C26H34O5/c1-4-6-9-17(3)21(27)15-14-19-22(28)16-23-25(19)20-12-7-10-18(26(20)31-23)11-8-13-24(29)30-5-2/h7,10,12,14-15,17,19,21-23,25,27-28H,5,8-9,11,13,16H2,1-3H3/b15-14+/t17-,19-,21+,22+,23-,25-/m0/s1. The summed E-state index contributed by atoms with van der Waals surface area (Å²) >= 11 is 0. The van der Waals surface area contributed by atoms with Crippen LogP contribution in [0.3, 0.4) is 0 Å². The smallest absolute Gasteiger partial charge is 0.305 e. The molecule has 3 rings (SSSR count). The molecule has 1 aliphatic carbocycles. The third-order valence-corrected chi connectivity index (χ3v) is 6.34. The molecule has 5 nitrogen and oxygen atoms in total. The Labute approximate surface area is 185 Å². The van der Waals surface area contributed by atoms with Crippen LogP contribution in [0.25, 0.3) is 0 Å². The number of aryl methyl sites for hydroxylation is 1. The maximum absolute atomic E-state index is 11.6. The second-order valence-electron chi connectivity index (χ2n) is 8.54. The summed E-state index contributed by atoms with van der Waals surface area (Å²) in [6, 6.07) is 6.15. The number of fused-ring (bicyclic) bond motifs is 3. The van der Waals surface area contributed by atoms with E-state index in [0.717, 1.165) is 23.3 Å². The van der Waals surface area contributed by atoms with E-state index in [9.17, 15) is 15.0 Å². The van der Waals surface area contributed by atoms with E-state index in [1.807, 2.05) is 32.1 Å². The van der Waals surface area contributed by atoms with E-state index < -0.39 is 12.2 Å². The Morgan fingerprint density at radius 3 is 2.97 bits per heavy atom. The van der Waals surface area contributed by atoms with Gasteiger partial charge in [0.1, 0.15) is 11.9 Å². The Morgan fingerprint density at radius 1 is 1.42 bits per heavy atom. The van der Waals surface area contributed by atoms with Crippen molar-refractivity contribution in [3.8, 4) is 17.6 Å². The fourth-order valence-electron chi connectivity index (χ4n) is 4.64. The van der Waals surface area contributed by atoms with Gasteiger partial charge in [-0.25, -0.2) is 0 Å². The number of rotatable bonds is 9. The highest BCUT2D eigenvalue weighted by atomic mass is 16.5. The Balaban J connectivity index is 1.70. The van der Waals surface area contributed by atoms with Crippen molar-refractivity contribution in [1.29, 1.82) is 0 Å². The predicted octanol–water partition coefficient (Wildman–Crippen LogP) is 3.76. The van der Waals surface area contributed by atoms with Crippen molar-refractivity contribution in [3.63, 3.8) is 0 Å². The summed E-state index contributed by atoms with van der Waals surface area (Å²) < 4.78 is 11.3. The molecule has 0 aromatic heterocycles. The first-order valence-electron chi connectivity index (χ1n) is 11.3. The van der Waals surface area contributed by atoms with E-state index in [0.29, 0.717) is 32.3 Å². The van der Waals surface area contributed by atoms with Crippen LogP contribution in [0.5, 0.6) is 5.75 Å². The molecule has 1 heterocycles. The average molecular weight is 427 g/mol. The predicted molar refractivity (Wildman–Crippen MR) is 120 cm³/mol. The van der Waals surface area contributed by atoms with E-state index in [1.165, 1.54) is 0 Å². The van der Waals surface area contributed by atoms with Crippen LogP contribution in [0.4, 0.5) is 0 Å². The molecule has 0 spiro atoms. The lowest BCUT2D eigenvalue weighted by Gasteiger charge is -2.19. The highest BCUT2D eigenvalue weighted by Gasteiger charge is 2.48. The molecule has 1 fully saturated rings. The lowest BCUT2D eigenvalue weighted by Crippen LogP contribution is -2.19. The molecule has 0 radical (unpaired) electrons. The van der Waals surface area contributed by atoms with Crippen molar-refractivity contribution >= 4 is 5.97 Å². The second kappa shape index (κ2) is 10.8. The fraction of sp³-hybridized carbons (Fsp3) is 0.577. The molecule has 2 aliphatic rings. The van der Waals surface area contributed by atoms with Crippen molar-refractivity contribution in [2.45, 2.75) is 77.1 Å². The SMILES string of the molecule is CC#CC[C@H](C)[C@H](O)/C=C/[C@@H]1[C@H]2c3cccc(CCCC(=O)OCC)c3O[C@H]2C[C@H]1O. The van der Waals surface area contributed by atoms with Crippen LogP contribution in [0.15, 0.2) is 30.4 Å². The third-order valence-electron chi connectivity index (χ3n) is 6.34. The number of benzene rings is 1. The maximum Gasteiger partial charge on any atom is 0.305 e. The highest BCUT2D eigenvalue weighted by Crippen LogP contribution is 2.52. The number of carbonyl (C=O) groups excluding carboxylic acids is 1. The van der Waals surface area contributed by atoms with Crippen LogP contribution in [0.1, 0.15) is 63.5 Å². The van der Waals surface area contributed by atoms with E-state index in [-0.39, 0.29) is 29.8 Å². The Kier molecular flexibility index (Phi) is 8.17. The minimum absolute atomic E-state index is 0.0381. The van der Waals surface area contributed by atoms with Gasteiger partial charge in [-0.2, -0.15) is 0 Å². The Morgan fingerprint density at radius 2 is 2.23 bits per heavy atom. The van der Waals surface area contributed by atoms with E-state index in [2.05, 4.69) is 17.9 Å². The topological polar surface area (TPSA) is 76.0 Å². The van der Waals surface area contributed by atoms with Crippen molar-refractivity contribution < 1.29 is 24.5 Å². The van der Waals surface area contributed by atoms with Gasteiger partial charge in [-0.05, 0) is 38.2 Å². The zero-order valence-corrected chi connectivity index (χ0v) is 18.7. The number of para-hydroxylation sites is 1. The first-order valence-corrected chi connectivity index (χ1v) is 11.3. The Hall–Kier alpha value is -2.29. The van der Waals surface area contributed by atoms with Gasteiger partial charge >= 0.3 is 5.97 Å². The monoisotopic (exact) mass is 426 g/mol. The van der Waals surface area contributed by atoms with Crippen LogP contribution >= 0.6 is 0 Å². The lowest BCUT2D eigenvalue weighted by atomic mass is 9.86. The number of hydrogen-bond donors (Lipinski definition) is 2. The van der Waals surface area contributed by atoms with E-state index in [1.54, 1.807) is 13.0 Å². The number of carbonyl (C=O) groups is 1. The quantitative estimate of drug-likeness (QED) is 0.357. The van der Waals surface area contributed by atoms with Crippen molar-refractivity contribution in [2.24, 2.45) is 11.8 Å². The minimum atomic E-state index is -0.594. The molecule has 1 aromatic rings. The molecular weight excluding hydrogens is 392 g/mol. The summed E-state index contributed by atoms with van der Waals surface area (Å²) in [6.45, 7) is 5.99. The van der Waals surface area contributed by atoms with Crippen LogP contribution in [0, 0.1) is 23.7 Å². The normalized spacial score (nSPS) is 25.8. The van der Waals surface area contributed by atoms with Gasteiger partial charge < -0.3 is 19.7 Å². The number of hydrogen-bond acceptors (Lipinski definition) is 5. The molecule has 0 unspecified atom stereocenters. The summed E-state index contributed by atoms with van der Waals surface area (Å²) in [7, 11) is 0. The molecule has 1 aliphatic heterocycles. The summed E-state index contributed by atoms with van der Waals surface area (Å²) in [5.74, 6) is 6.62. The van der Waals surface area contributed by atoms with Gasteiger partial charge in [0.25, 0.3) is 0 Å². The molecule has 31 heavy (non-hydrogen) atoms. The van der Waals surface area contributed by atoms with Gasteiger partial charge in [0, 0.05) is 36.7 Å². The number of esters is 1. The largest absolute Gasteiger partial charge is 0.489 e. The molecule has 0 bridgehead atoms. The van der Waals surface area contributed by atoms with Crippen molar-refractivity contribution in [2.75, 3.05) is 6.61 Å². The first-order chi connectivity index (χ1) is 15.0. The molecule has 0 amide bonds. The summed E-state index contributed by atoms with van der Waals surface area (Å²) in [6.07, 6.45) is 5.68. The van der Waals surface area contributed by atoms with Crippen LogP contribution in [-0.2, 0) is 16.0 Å². The molecule has 6 atom stereocenters. The Bertz CT molecular complexity index is 849.